The van der Waals surface area contributed by atoms with Gasteiger partial charge in [0.05, 0.1) is 11.1 Å². The van der Waals surface area contributed by atoms with E-state index in [0.717, 1.165) is 12.8 Å². The number of benzene rings is 2. The van der Waals surface area contributed by atoms with Crippen LogP contribution in [0, 0.1) is 11.8 Å². The topological polar surface area (TPSA) is 52.6 Å². The van der Waals surface area contributed by atoms with Gasteiger partial charge >= 0.3 is 11.9 Å². The third-order valence-electron chi connectivity index (χ3n) is 4.89. The first-order valence-electron chi connectivity index (χ1n) is 9.90. The van der Waals surface area contributed by atoms with E-state index in [-0.39, 0.29) is 30.1 Å². The highest BCUT2D eigenvalue weighted by atomic mass is 16.6. The molecule has 0 aliphatic carbocycles. The van der Waals surface area contributed by atoms with Gasteiger partial charge in [0.1, 0.15) is 12.2 Å². The van der Waals surface area contributed by atoms with Gasteiger partial charge in [-0.1, -0.05) is 56.7 Å². The molecule has 2 unspecified atom stereocenters. The molecule has 0 saturated heterocycles. The maximum absolute atomic E-state index is 12.4. The average Bonchev–Trinajstić information content (AvgIpc) is 2.69. The summed E-state index contributed by atoms with van der Waals surface area (Å²) >= 11 is 0. The molecule has 0 radical (unpaired) electrons. The molecule has 2 atom stereocenters. The third kappa shape index (κ3) is 6.52. The van der Waals surface area contributed by atoms with Crippen LogP contribution in [-0.2, 0) is 9.47 Å². The Morgan fingerprint density at radius 2 is 1.07 bits per heavy atom. The number of hydrogen-bond acceptors (Lipinski definition) is 4. The number of hydrogen-bond donors (Lipinski definition) is 0. The van der Waals surface area contributed by atoms with Gasteiger partial charge in [-0.15, -0.1) is 0 Å². The number of rotatable bonds is 9. The fraction of sp³-hybridized carbons (Fsp3) is 0.417. The molecular formula is C24H30O4. The lowest BCUT2D eigenvalue weighted by Crippen LogP contribution is -2.35. The fourth-order valence-corrected chi connectivity index (χ4v) is 3.17. The Labute approximate surface area is 167 Å². The van der Waals surface area contributed by atoms with Gasteiger partial charge in [0.25, 0.3) is 0 Å². The molecule has 0 aliphatic heterocycles. The molecule has 0 amide bonds. The van der Waals surface area contributed by atoms with Crippen LogP contribution < -0.4 is 0 Å². The molecule has 2 aromatic carbocycles. The maximum atomic E-state index is 12.4. The van der Waals surface area contributed by atoms with Crippen LogP contribution in [0.15, 0.2) is 60.7 Å². The van der Waals surface area contributed by atoms with Gasteiger partial charge in [0.15, 0.2) is 0 Å². The minimum Gasteiger partial charge on any atom is -0.459 e. The van der Waals surface area contributed by atoms with Crippen LogP contribution >= 0.6 is 0 Å². The summed E-state index contributed by atoms with van der Waals surface area (Å²) in [6, 6.07) is 17.9. The van der Waals surface area contributed by atoms with Gasteiger partial charge in [-0.2, -0.15) is 0 Å². The Bertz CT molecular complexity index is 680. The highest BCUT2D eigenvalue weighted by Crippen LogP contribution is 2.25. The molecule has 4 heteroatoms. The highest BCUT2D eigenvalue weighted by Gasteiger charge is 2.30. The van der Waals surface area contributed by atoms with E-state index in [1.807, 2.05) is 50.2 Å². The smallest absolute Gasteiger partial charge is 0.338 e. The quantitative estimate of drug-likeness (QED) is 0.535. The summed E-state index contributed by atoms with van der Waals surface area (Å²) in [7, 11) is 0. The first-order valence-corrected chi connectivity index (χ1v) is 9.90. The summed E-state index contributed by atoms with van der Waals surface area (Å²) in [5.74, 6) is -0.285. The molecule has 0 spiro atoms. The molecule has 0 bridgehead atoms. The van der Waals surface area contributed by atoms with Crippen molar-refractivity contribution in [3.63, 3.8) is 0 Å². The normalized spacial score (nSPS) is 14.2. The Hall–Kier alpha value is -2.62. The Morgan fingerprint density at radius 1 is 0.679 bits per heavy atom. The zero-order chi connectivity index (χ0) is 20.5. The molecule has 2 rings (SSSR count). The molecule has 0 N–H and O–H groups in total. The largest absolute Gasteiger partial charge is 0.459 e. The van der Waals surface area contributed by atoms with Crippen molar-refractivity contribution in [2.75, 3.05) is 0 Å². The Balaban J connectivity index is 2.06. The Morgan fingerprint density at radius 3 is 1.43 bits per heavy atom. The van der Waals surface area contributed by atoms with Crippen molar-refractivity contribution in [1.29, 1.82) is 0 Å². The predicted molar refractivity (Wildman–Crippen MR) is 110 cm³/mol. The van der Waals surface area contributed by atoms with Gasteiger partial charge in [0.2, 0.25) is 0 Å². The zero-order valence-corrected chi connectivity index (χ0v) is 17.1. The number of carbonyl (C=O) groups is 2. The molecule has 150 valence electrons. The number of carbonyl (C=O) groups excluding carboxylic acids is 2. The number of ether oxygens (including phenoxy) is 2. The molecule has 4 nitrogen and oxygen atoms in total. The summed E-state index contributed by atoms with van der Waals surface area (Å²) in [4.78, 5) is 24.9. The van der Waals surface area contributed by atoms with E-state index < -0.39 is 0 Å². The molecule has 0 fully saturated rings. The van der Waals surface area contributed by atoms with Gasteiger partial charge in [-0.3, -0.25) is 0 Å². The van der Waals surface area contributed by atoms with Crippen molar-refractivity contribution in [1.82, 2.24) is 0 Å². The second kappa shape index (κ2) is 10.6. The SMILES string of the molecule is CC(C)CCC(C(C)OC(=O)c1ccccc1)C(C)OC(=O)c1ccccc1. The standard InChI is InChI=1S/C24H30O4/c1-17(2)15-16-22(18(3)27-23(25)20-11-7-5-8-12-20)19(4)28-24(26)21-13-9-6-10-14-21/h5-14,17-19,22H,15-16H2,1-4H3. The predicted octanol–water partition coefficient (Wildman–Crippen LogP) is 5.53. The van der Waals surface area contributed by atoms with E-state index in [0.29, 0.717) is 17.0 Å². The van der Waals surface area contributed by atoms with E-state index in [1.54, 1.807) is 24.3 Å². The molecule has 0 aromatic heterocycles. The van der Waals surface area contributed by atoms with Crippen LogP contribution in [0.5, 0.6) is 0 Å². The van der Waals surface area contributed by atoms with E-state index >= 15 is 0 Å². The minimum absolute atomic E-state index is 0.0808. The second-order valence-electron chi connectivity index (χ2n) is 7.59. The molecule has 0 aliphatic rings. The van der Waals surface area contributed by atoms with E-state index in [2.05, 4.69) is 13.8 Å². The van der Waals surface area contributed by atoms with Crippen molar-refractivity contribution in [3.05, 3.63) is 71.8 Å². The molecule has 0 heterocycles. The van der Waals surface area contributed by atoms with E-state index in [4.69, 9.17) is 9.47 Å². The van der Waals surface area contributed by atoms with Crippen LogP contribution in [0.25, 0.3) is 0 Å². The summed E-state index contributed by atoms with van der Waals surface area (Å²) in [5, 5.41) is 0. The highest BCUT2D eigenvalue weighted by molar-refractivity contribution is 5.90. The molecular weight excluding hydrogens is 352 g/mol. The minimum atomic E-state index is -0.370. The van der Waals surface area contributed by atoms with Crippen LogP contribution in [0.1, 0.15) is 61.3 Å². The molecule has 28 heavy (non-hydrogen) atoms. The van der Waals surface area contributed by atoms with Gasteiger partial charge < -0.3 is 9.47 Å². The van der Waals surface area contributed by atoms with Crippen molar-refractivity contribution < 1.29 is 19.1 Å². The first-order chi connectivity index (χ1) is 13.4. The van der Waals surface area contributed by atoms with Crippen molar-refractivity contribution in [2.24, 2.45) is 11.8 Å². The monoisotopic (exact) mass is 382 g/mol. The van der Waals surface area contributed by atoms with E-state index in [1.165, 1.54) is 0 Å². The summed E-state index contributed by atoms with van der Waals surface area (Å²) < 4.78 is 11.4. The molecule has 0 saturated carbocycles. The third-order valence-corrected chi connectivity index (χ3v) is 4.89. The lowest BCUT2D eigenvalue weighted by atomic mass is 9.89. The average molecular weight is 383 g/mol. The Kier molecular flexibility index (Phi) is 8.24. The maximum Gasteiger partial charge on any atom is 0.338 e. The summed E-state index contributed by atoms with van der Waals surface area (Å²) in [6.07, 6.45) is 1.03. The van der Waals surface area contributed by atoms with Gasteiger partial charge in [-0.25, -0.2) is 9.59 Å². The zero-order valence-electron chi connectivity index (χ0n) is 17.1. The van der Waals surface area contributed by atoms with Crippen LogP contribution in [0.4, 0.5) is 0 Å². The molecule has 2 aromatic rings. The fourth-order valence-electron chi connectivity index (χ4n) is 3.17. The van der Waals surface area contributed by atoms with Crippen LogP contribution in [0.3, 0.4) is 0 Å². The van der Waals surface area contributed by atoms with Crippen molar-refractivity contribution in [3.8, 4) is 0 Å². The lowest BCUT2D eigenvalue weighted by molar-refractivity contribution is -0.0257. The van der Waals surface area contributed by atoms with E-state index in [9.17, 15) is 9.59 Å². The van der Waals surface area contributed by atoms with Crippen LogP contribution in [0.2, 0.25) is 0 Å². The lowest BCUT2D eigenvalue weighted by Gasteiger charge is -2.29. The van der Waals surface area contributed by atoms with Crippen molar-refractivity contribution in [2.45, 2.75) is 52.7 Å². The number of esters is 2. The van der Waals surface area contributed by atoms with Crippen LogP contribution in [-0.4, -0.2) is 24.1 Å². The van der Waals surface area contributed by atoms with Crippen molar-refractivity contribution >= 4 is 11.9 Å². The summed E-state index contributed by atoms with van der Waals surface area (Å²) in [5.41, 5.74) is 1.04. The second-order valence-corrected chi connectivity index (χ2v) is 7.59. The van der Waals surface area contributed by atoms with Gasteiger partial charge in [-0.05, 0) is 50.5 Å². The first kappa shape index (κ1) is 21.7. The summed E-state index contributed by atoms with van der Waals surface area (Å²) in [6.45, 7) is 8.05. The van der Waals surface area contributed by atoms with Gasteiger partial charge in [0, 0.05) is 5.92 Å².